The number of esters is 1. The number of hydrogen-bond donors (Lipinski definition) is 0. The van der Waals surface area contributed by atoms with Gasteiger partial charge in [-0.1, -0.05) is 35.9 Å². The molecule has 0 aromatic rings. The molecule has 0 aromatic heterocycles. The Labute approximate surface area is 69.1 Å². The number of carbonyl (C=O) groups is 1. The fraction of sp³-hybridized carbons (Fsp3) is 0.833. The molecule has 0 aliphatic heterocycles. The SMILES string of the molecule is CCCCOC(=O)CI. The second kappa shape index (κ2) is 6.32. The monoisotopic (exact) mass is 242 g/mol. The van der Waals surface area contributed by atoms with E-state index in [1.54, 1.807) is 0 Å². The van der Waals surface area contributed by atoms with E-state index in [9.17, 15) is 4.79 Å². The molecule has 0 unspecified atom stereocenters. The van der Waals surface area contributed by atoms with Crippen molar-refractivity contribution in [1.29, 1.82) is 0 Å². The Morgan fingerprint density at radius 2 is 2.33 bits per heavy atom. The zero-order chi connectivity index (χ0) is 7.11. The highest BCUT2D eigenvalue weighted by Crippen LogP contribution is 1.90. The summed E-state index contributed by atoms with van der Waals surface area (Å²) in [5.74, 6) is -0.107. The van der Waals surface area contributed by atoms with Gasteiger partial charge in [-0.25, -0.2) is 0 Å². The maximum absolute atomic E-state index is 10.5. The van der Waals surface area contributed by atoms with Crippen molar-refractivity contribution in [3.63, 3.8) is 0 Å². The molecule has 0 aliphatic rings. The van der Waals surface area contributed by atoms with Crippen molar-refractivity contribution in [2.45, 2.75) is 19.8 Å². The van der Waals surface area contributed by atoms with Gasteiger partial charge in [-0.2, -0.15) is 0 Å². The summed E-state index contributed by atoms with van der Waals surface area (Å²) in [7, 11) is 0. The third kappa shape index (κ3) is 6.08. The lowest BCUT2D eigenvalue weighted by Gasteiger charge is -1.98. The molecule has 0 rings (SSSR count). The number of halogens is 1. The van der Waals surface area contributed by atoms with Gasteiger partial charge in [-0.3, -0.25) is 4.79 Å². The number of carbonyl (C=O) groups excluding carboxylic acids is 1. The summed E-state index contributed by atoms with van der Waals surface area (Å²) in [6.45, 7) is 2.65. The number of rotatable bonds is 4. The van der Waals surface area contributed by atoms with Crippen LogP contribution in [0.2, 0.25) is 0 Å². The summed E-state index contributed by atoms with van der Waals surface area (Å²) >= 11 is 1.99. The molecule has 0 heterocycles. The fourth-order valence-corrected chi connectivity index (χ4v) is 0.589. The summed E-state index contributed by atoms with van der Waals surface area (Å²) < 4.78 is 5.24. The van der Waals surface area contributed by atoms with E-state index in [4.69, 9.17) is 4.74 Å². The van der Waals surface area contributed by atoms with Gasteiger partial charge in [0.05, 0.1) is 11.0 Å². The fourth-order valence-electron chi connectivity index (χ4n) is 0.369. The molecule has 2 nitrogen and oxygen atoms in total. The summed E-state index contributed by atoms with van der Waals surface area (Å²) in [6.07, 6.45) is 2.05. The van der Waals surface area contributed by atoms with E-state index in [-0.39, 0.29) is 5.97 Å². The largest absolute Gasteiger partial charge is 0.465 e. The number of ether oxygens (including phenoxy) is 1. The van der Waals surface area contributed by atoms with Gasteiger partial charge in [0, 0.05) is 0 Å². The van der Waals surface area contributed by atoms with Crippen molar-refractivity contribution in [3.05, 3.63) is 0 Å². The molecule has 3 heteroatoms. The van der Waals surface area contributed by atoms with Crippen LogP contribution in [0.4, 0.5) is 0 Å². The van der Waals surface area contributed by atoms with Gasteiger partial charge in [-0.15, -0.1) is 0 Å². The quantitative estimate of drug-likeness (QED) is 0.325. The molecule has 54 valence electrons. The molecule has 0 aliphatic carbocycles. The topological polar surface area (TPSA) is 26.3 Å². The van der Waals surface area contributed by atoms with Crippen molar-refractivity contribution in [1.82, 2.24) is 0 Å². The first-order valence-corrected chi connectivity index (χ1v) is 4.55. The van der Waals surface area contributed by atoms with Gasteiger partial charge in [0.2, 0.25) is 0 Å². The van der Waals surface area contributed by atoms with Crippen LogP contribution in [0.15, 0.2) is 0 Å². The van der Waals surface area contributed by atoms with Crippen molar-refractivity contribution in [2.75, 3.05) is 11.0 Å². The van der Waals surface area contributed by atoms with Crippen molar-refractivity contribution >= 4 is 28.6 Å². The van der Waals surface area contributed by atoms with Crippen LogP contribution in [0.1, 0.15) is 19.8 Å². The van der Waals surface area contributed by atoms with Crippen LogP contribution in [-0.4, -0.2) is 17.0 Å². The van der Waals surface area contributed by atoms with E-state index in [1.165, 1.54) is 0 Å². The minimum Gasteiger partial charge on any atom is -0.465 e. The first-order chi connectivity index (χ1) is 4.31. The first kappa shape index (κ1) is 9.20. The lowest BCUT2D eigenvalue weighted by molar-refractivity contribution is -0.140. The summed E-state index contributed by atoms with van der Waals surface area (Å²) in [5.41, 5.74) is 0. The van der Waals surface area contributed by atoms with Crippen LogP contribution >= 0.6 is 22.6 Å². The van der Waals surface area contributed by atoms with Crippen LogP contribution in [0.25, 0.3) is 0 Å². The average Bonchev–Trinajstić information content (AvgIpc) is 1.89. The molecule has 0 radical (unpaired) electrons. The van der Waals surface area contributed by atoms with Crippen molar-refractivity contribution < 1.29 is 9.53 Å². The zero-order valence-electron chi connectivity index (χ0n) is 5.52. The second-order valence-electron chi connectivity index (χ2n) is 1.71. The lowest BCUT2D eigenvalue weighted by Crippen LogP contribution is -2.05. The minimum atomic E-state index is -0.107. The van der Waals surface area contributed by atoms with Gasteiger partial charge in [0.25, 0.3) is 0 Å². The molecule has 0 spiro atoms. The van der Waals surface area contributed by atoms with Gasteiger partial charge in [0.15, 0.2) is 0 Å². The molecule has 0 aromatic carbocycles. The molecule has 0 fully saturated rings. The molecule has 9 heavy (non-hydrogen) atoms. The van der Waals surface area contributed by atoms with E-state index in [1.807, 2.05) is 22.6 Å². The Kier molecular flexibility index (Phi) is 6.46. The highest BCUT2D eigenvalue weighted by Gasteiger charge is 1.95. The normalized spacial score (nSPS) is 9.11. The van der Waals surface area contributed by atoms with E-state index in [2.05, 4.69) is 6.92 Å². The van der Waals surface area contributed by atoms with Crippen molar-refractivity contribution in [2.24, 2.45) is 0 Å². The average molecular weight is 242 g/mol. The summed E-state index contributed by atoms with van der Waals surface area (Å²) in [4.78, 5) is 10.5. The second-order valence-corrected chi connectivity index (χ2v) is 2.47. The van der Waals surface area contributed by atoms with Crippen LogP contribution in [-0.2, 0) is 9.53 Å². The summed E-state index contributed by atoms with van der Waals surface area (Å²) in [5, 5.41) is 0. The first-order valence-electron chi connectivity index (χ1n) is 3.02. The third-order valence-electron chi connectivity index (χ3n) is 0.870. The predicted octanol–water partition coefficient (Wildman–Crippen LogP) is 1.76. The maximum Gasteiger partial charge on any atom is 0.315 e. The molecule has 0 amide bonds. The lowest BCUT2D eigenvalue weighted by atomic mass is 10.4. The molecule has 0 bridgehead atoms. The van der Waals surface area contributed by atoms with Gasteiger partial charge in [-0.05, 0) is 6.42 Å². The van der Waals surface area contributed by atoms with Crippen LogP contribution in [0.3, 0.4) is 0 Å². The van der Waals surface area contributed by atoms with Gasteiger partial charge in [0.1, 0.15) is 0 Å². The van der Waals surface area contributed by atoms with Crippen LogP contribution in [0.5, 0.6) is 0 Å². The Morgan fingerprint density at radius 1 is 1.67 bits per heavy atom. The standard InChI is InChI=1S/C6H11IO2/c1-2-3-4-9-6(8)5-7/h2-5H2,1H3. The smallest absolute Gasteiger partial charge is 0.315 e. The molecule has 0 saturated carbocycles. The molecule has 0 saturated heterocycles. The van der Waals surface area contributed by atoms with Crippen molar-refractivity contribution in [3.8, 4) is 0 Å². The Bertz CT molecular complexity index is 83.1. The van der Waals surface area contributed by atoms with Gasteiger partial charge < -0.3 is 4.74 Å². The van der Waals surface area contributed by atoms with Gasteiger partial charge >= 0.3 is 5.97 Å². The maximum atomic E-state index is 10.5. The molecule has 0 N–H and O–H groups in total. The summed E-state index contributed by atoms with van der Waals surface area (Å²) in [6, 6.07) is 0. The van der Waals surface area contributed by atoms with Crippen LogP contribution in [0, 0.1) is 0 Å². The molecular formula is C6H11IO2. The van der Waals surface area contributed by atoms with E-state index in [0.29, 0.717) is 11.0 Å². The Morgan fingerprint density at radius 3 is 2.78 bits per heavy atom. The van der Waals surface area contributed by atoms with Crippen LogP contribution < -0.4 is 0 Å². The zero-order valence-corrected chi connectivity index (χ0v) is 7.68. The minimum absolute atomic E-state index is 0.107. The number of alkyl halides is 1. The predicted molar refractivity (Wildman–Crippen MR) is 44.8 cm³/mol. The highest BCUT2D eigenvalue weighted by molar-refractivity contribution is 14.1. The van der Waals surface area contributed by atoms with E-state index >= 15 is 0 Å². The Hall–Kier alpha value is 0.200. The Balaban J connectivity index is 2.97. The molecular weight excluding hydrogens is 231 g/mol. The van der Waals surface area contributed by atoms with E-state index < -0.39 is 0 Å². The third-order valence-corrected chi connectivity index (χ3v) is 1.49. The molecule has 0 atom stereocenters. The number of hydrogen-bond acceptors (Lipinski definition) is 2. The number of unbranched alkanes of at least 4 members (excludes halogenated alkanes) is 1. The highest BCUT2D eigenvalue weighted by atomic mass is 127. The van der Waals surface area contributed by atoms with E-state index in [0.717, 1.165) is 12.8 Å².